The van der Waals surface area contributed by atoms with Gasteiger partial charge in [0.1, 0.15) is 6.61 Å². The van der Waals surface area contributed by atoms with E-state index in [0.717, 1.165) is 17.5 Å². The number of amides is 2. The van der Waals surface area contributed by atoms with Crippen molar-refractivity contribution in [3.8, 4) is 11.1 Å². The summed E-state index contributed by atoms with van der Waals surface area (Å²) in [5.74, 6) is -1.04. The van der Waals surface area contributed by atoms with Crippen molar-refractivity contribution in [2.45, 2.75) is 45.4 Å². The lowest BCUT2D eigenvalue weighted by Gasteiger charge is -2.24. The minimum atomic E-state index is -0.919. The Morgan fingerprint density at radius 1 is 1.00 bits per heavy atom. The zero-order valence-electron chi connectivity index (χ0n) is 20.0. The van der Waals surface area contributed by atoms with Gasteiger partial charge in [-0.05, 0) is 34.6 Å². The van der Waals surface area contributed by atoms with E-state index in [-0.39, 0.29) is 43.7 Å². The Labute approximate surface area is 201 Å². The molecule has 0 heterocycles. The SMILES string of the molecule is CCCN(CCC(=O)O)C(=O)CC(CC)CNC(=O)OCC1c2ccccc2-c2ccccc21. The van der Waals surface area contributed by atoms with Gasteiger partial charge in [-0.3, -0.25) is 9.59 Å². The molecule has 0 saturated heterocycles. The summed E-state index contributed by atoms with van der Waals surface area (Å²) in [5.41, 5.74) is 4.67. The van der Waals surface area contributed by atoms with Crippen LogP contribution in [0.2, 0.25) is 0 Å². The van der Waals surface area contributed by atoms with Crippen LogP contribution in [0.5, 0.6) is 0 Å². The number of carbonyl (C=O) groups excluding carboxylic acids is 2. The number of carbonyl (C=O) groups is 3. The highest BCUT2D eigenvalue weighted by Crippen LogP contribution is 2.44. The zero-order valence-corrected chi connectivity index (χ0v) is 20.0. The summed E-state index contributed by atoms with van der Waals surface area (Å²) in [6.45, 7) is 5.24. The van der Waals surface area contributed by atoms with Gasteiger partial charge in [-0.1, -0.05) is 68.8 Å². The zero-order chi connectivity index (χ0) is 24.5. The molecule has 7 heteroatoms. The van der Waals surface area contributed by atoms with Gasteiger partial charge in [-0.25, -0.2) is 4.79 Å². The molecule has 1 atom stereocenters. The third kappa shape index (κ3) is 6.37. The first-order valence-electron chi connectivity index (χ1n) is 12.0. The summed E-state index contributed by atoms with van der Waals surface area (Å²) in [5, 5.41) is 11.7. The summed E-state index contributed by atoms with van der Waals surface area (Å²) in [6, 6.07) is 16.4. The van der Waals surface area contributed by atoms with Crippen molar-refractivity contribution >= 4 is 18.0 Å². The summed E-state index contributed by atoms with van der Waals surface area (Å²) in [6.07, 6.45) is 1.18. The molecule has 1 aliphatic rings. The second kappa shape index (κ2) is 12.2. The first-order valence-corrected chi connectivity index (χ1v) is 12.0. The van der Waals surface area contributed by atoms with Crippen LogP contribution in [0.3, 0.4) is 0 Å². The highest BCUT2D eigenvalue weighted by atomic mass is 16.5. The summed E-state index contributed by atoms with van der Waals surface area (Å²) in [4.78, 5) is 37.6. The quantitative estimate of drug-likeness (QED) is 0.475. The fourth-order valence-electron chi connectivity index (χ4n) is 4.48. The van der Waals surface area contributed by atoms with Gasteiger partial charge in [-0.2, -0.15) is 0 Å². The number of benzene rings is 2. The number of hydrogen-bond acceptors (Lipinski definition) is 4. The minimum Gasteiger partial charge on any atom is -0.481 e. The molecule has 0 radical (unpaired) electrons. The van der Waals surface area contributed by atoms with Crippen LogP contribution in [0.25, 0.3) is 11.1 Å². The Balaban J connectivity index is 1.51. The van der Waals surface area contributed by atoms with E-state index in [1.54, 1.807) is 4.90 Å². The predicted molar refractivity (Wildman–Crippen MR) is 131 cm³/mol. The van der Waals surface area contributed by atoms with Crippen molar-refractivity contribution in [3.05, 3.63) is 59.7 Å². The second-order valence-electron chi connectivity index (χ2n) is 8.71. The van der Waals surface area contributed by atoms with E-state index in [2.05, 4.69) is 29.6 Å². The number of rotatable bonds is 12. The Hall–Kier alpha value is -3.35. The molecule has 182 valence electrons. The first kappa shape index (κ1) is 25.3. The summed E-state index contributed by atoms with van der Waals surface area (Å²) in [7, 11) is 0. The van der Waals surface area contributed by atoms with Gasteiger partial charge in [0.15, 0.2) is 0 Å². The van der Waals surface area contributed by atoms with Crippen LogP contribution in [0, 0.1) is 5.92 Å². The van der Waals surface area contributed by atoms with Crippen LogP contribution in [-0.4, -0.2) is 54.2 Å². The maximum atomic E-state index is 12.7. The number of nitrogens with zero attached hydrogens (tertiary/aromatic N) is 1. The van der Waals surface area contributed by atoms with E-state index in [9.17, 15) is 14.4 Å². The number of fused-ring (bicyclic) bond motifs is 3. The Kier molecular flexibility index (Phi) is 9.08. The molecule has 0 aliphatic heterocycles. The molecule has 1 aliphatic carbocycles. The maximum absolute atomic E-state index is 12.7. The normalized spacial score (nSPS) is 13.0. The average molecular weight is 467 g/mol. The highest BCUT2D eigenvalue weighted by Gasteiger charge is 2.29. The largest absolute Gasteiger partial charge is 0.481 e. The lowest BCUT2D eigenvalue weighted by Crippen LogP contribution is -2.37. The topological polar surface area (TPSA) is 95.9 Å². The number of aliphatic carboxylic acids is 1. The van der Waals surface area contributed by atoms with Crippen molar-refractivity contribution < 1.29 is 24.2 Å². The van der Waals surface area contributed by atoms with E-state index in [1.165, 1.54) is 11.1 Å². The molecule has 7 nitrogen and oxygen atoms in total. The Morgan fingerprint density at radius 3 is 2.18 bits per heavy atom. The molecular formula is C27H34N2O5. The summed E-state index contributed by atoms with van der Waals surface area (Å²) < 4.78 is 5.58. The van der Waals surface area contributed by atoms with E-state index in [4.69, 9.17) is 9.84 Å². The molecule has 2 amide bonds. The molecule has 2 aromatic rings. The molecular weight excluding hydrogens is 432 g/mol. The van der Waals surface area contributed by atoms with Crippen LogP contribution in [0.1, 0.15) is 56.6 Å². The standard InChI is InChI=1S/C27H34N2O5/c1-3-14-29(15-13-26(31)32)25(30)16-19(4-2)17-28-27(33)34-18-24-22-11-7-5-9-20(22)21-10-6-8-12-23(21)24/h5-12,19,24H,3-4,13-18H2,1-2H3,(H,28,33)(H,31,32). The molecule has 1 unspecified atom stereocenters. The molecule has 0 spiro atoms. The van der Waals surface area contributed by atoms with Crippen molar-refractivity contribution in [2.24, 2.45) is 5.92 Å². The van der Waals surface area contributed by atoms with Crippen LogP contribution < -0.4 is 5.32 Å². The van der Waals surface area contributed by atoms with Crippen molar-refractivity contribution in [3.63, 3.8) is 0 Å². The van der Waals surface area contributed by atoms with Crippen LogP contribution in [0.4, 0.5) is 4.79 Å². The predicted octanol–water partition coefficient (Wildman–Crippen LogP) is 4.65. The van der Waals surface area contributed by atoms with Gasteiger partial charge in [-0.15, -0.1) is 0 Å². The van der Waals surface area contributed by atoms with E-state index < -0.39 is 12.1 Å². The van der Waals surface area contributed by atoms with Crippen LogP contribution >= 0.6 is 0 Å². The molecule has 0 aromatic heterocycles. The molecule has 2 aromatic carbocycles. The van der Waals surface area contributed by atoms with Gasteiger partial charge in [0.05, 0.1) is 6.42 Å². The van der Waals surface area contributed by atoms with E-state index in [0.29, 0.717) is 19.5 Å². The average Bonchev–Trinajstić information content (AvgIpc) is 3.16. The lowest BCUT2D eigenvalue weighted by molar-refractivity contribution is -0.138. The van der Waals surface area contributed by atoms with Gasteiger partial charge in [0, 0.05) is 32.0 Å². The Bertz CT molecular complexity index is 961. The number of ether oxygens (including phenoxy) is 1. The number of carboxylic acid groups (broad SMARTS) is 1. The highest BCUT2D eigenvalue weighted by molar-refractivity contribution is 5.79. The van der Waals surface area contributed by atoms with Gasteiger partial charge in [0.25, 0.3) is 0 Å². The maximum Gasteiger partial charge on any atom is 0.407 e. The molecule has 0 fully saturated rings. The monoisotopic (exact) mass is 466 g/mol. The summed E-state index contributed by atoms with van der Waals surface area (Å²) >= 11 is 0. The molecule has 2 N–H and O–H groups in total. The number of alkyl carbamates (subject to hydrolysis) is 1. The second-order valence-corrected chi connectivity index (χ2v) is 8.71. The smallest absolute Gasteiger partial charge is 0.407 e. The number of nitrogens with one attached hydrogen (secondary N) is 1. The fraction of sp³-hybridized carbons (Fsp3) is 0.444. The third-order valence-electron chi connectivity index (χ3n) is 6.36. The van der Waals surface area contributed by atoms with Crippen molar-refractivity contribution in [1.82, 2.24) is 10.2 Å². The van der Waals surface area contributed by atoms with Crippen molar-refractivity contribution in [1.29, 1.82) is 0 Å². The van der Waals surface area contributed by atoms with Gasteiger partial charge < -0.3 is 20.1 Å². The number of carboxylic acids is 1. The van der Waals surface area contributed by atoms with Crippen LogP contribution in [-0.2, 0) is 14.3 Å². The molecule has 0 saturated carbocycles. The van der Waals surface area contributed by atoms with Gasteiger partial charge >= 0.3 is 12.1 Å². The van der Waals surface area contributed by atoms with E-state index >= 15 is 0 Å². The van der Waals surface area contributed by atoms with E-state index in [1.807, 2.05) is 38.1 Å². The molecule has 0 bridgehead atoms. The first-order chi connectivity index (χ1) is 16.4. The Morgan fingerprint density at radius 2 is 1.62 bits per heavy atom. The fourth-order valence-corrected chi connectivity index (χ4v) is 4.48. The van der Waals surface area contributed by atoms with Crippen molar-refractivity contribution in [2.75, 3.05) is 26.2 Å². The lowest BCUT2D eigenvalue weighted by atomic mass is 9.98. The molecule has 3 rings (SSSR count). The third-order valence-corrected chi connectivity index (χ3v) is 6.36. The minimum absolute atomic E-state index is 0.00135. The number of hydrogen-bond donors (Lipinski definition) is 2. The molecule has 34 heavy (non-hydrogen) atoms. The van der Waals surface area contributed by atoms with Crippen LogP contribution in [0.15, 0.2) is 48.5 Å². The van der Waals surface area contributed by atoms with Gasteiger partial charge in [0.2, 0.25) is 5.91 Å².